The first-order chi connectivity index (χ1) is 13.0. The fourth-order valence-corrected chi connectivity index (χ4v) is 2.60. The molecule has 2 aromatic carbocycles. The highest BCUT2D eigenvalue weighted by atomic mass is 79.9. The number of nitrogens with one attached hydrogen (secondary N) is 2. The monoisotopic (exact) mass is 433 g/mol. The fourth-order valence-electron chi connectivity index (χ4n) is 2.14. The molecule has 2 amide bonds. The number of carbonyl (C=O) groups excluding carboxylic acids is 2. The molecule has 0 fully saturated rings. The SMILES string of the molecule is CCOc1cc(C=NNC(=O)CCC(=O)Nc2ccccc2)cc(Br)c1O. The highest BCUT2D eigenvalue weighted by molar-refractivity contribution is 9.10. The molecule has 0 spiro atoms. The van der Waals surface area contributed by atoms with Gasteiger partial charge in [-0.2, -0.15) is 5.10 Å². The van der Waals surface area contributed by atoms with Crippen LogP contribution in [0.5, 0.6) is 11.5 Å². The first-order valence-electron chi connectivity index (χ1n) is 8.31. The number of para-hydroxylation sites is 1. The Labute approximate surface area is 165 Å². The minimum absolute atomic E-state index is 0.00228. The van der Waals surface area contributed by atoms with E-state index >= 15 is 0 Å². The van der Waals surface area contributed by atoms with E-state index in [9.17, 15) is 14.7 Å². The third-order valence-electron chi connectivity index (χ3n) is 3.39. The molecule has 8 heteroatoms. The van der Waals surface area contributed by atoms with Gasteiger partial charge in [0.05, 0.1) is 17.3 Å². The van der Waals surface area contributed by atoms with Gasteiger partial charge in [-0.3, -0.25) is 9.59 Å². The molecule has 3 N–H and O–H groups in total. The number of hydrogen-bond donors (Lipinski definition) is 3. The number of hydrazone groups is 1. The second-order valence-electron chi connectivity index (χ2n) is 5.49. The van der Waals surface area contributed by atoms with Crippen molar-refractivity contribution in [1.29, 1.82) is 0 Å². The van der Waals surface area contributed by atoms with Gasteiger partial charge >= 0.3 is 0 Å². The van der Waals surface area contributed by atoms with Crippen LogP contribution in [0.25, 0.3) is 0 Å². The van der Waals surface area contributed by atoms with Crippen molar-refractivity contribution in [3.05, 3.63) is 52.5 Å². The summed E-state index contributed by atoms with van der Waals surface area (Å²) in [4.78, 5) is 23.6. The van der Waals surface area contributed by atoms with Gasteiger partial charge in [0.2, 0.25) is 11.8 Å². The van der Waals surface area contributed by atoms with Crippen molar-refractivity contribution >= 4 is 39.6 Å². The number of anilines is 1. The van der Waals surface area contributed by atoms with E-state index in [-0.39, 0.29) is 30.4 Å². The molecule has 0 aliphatic rings. The standard InChI is InChI=1S/C19H20BrN3O4/c1-2-27-16-11-13(10-15(20)19(16)26)12-21-23-18(25)9-8-17(24)22-14-6-4-3-5-7-14/h3-7,10-12,26H,2,8-9H2,1H3,(H,22,24)(H,23,25). The van der Waals surface area contributed by atoms with Crippen molar-refractivity contribution in [2.45, 2.75) is 19.8 Å². The fraction of sp³-hybridized carbons (Fsp3) is 0.211. The molecular weight excluding hydrogens is 414 g/mol. The molecule has 0 aliphatic heterocycles. The largest absolute Gasteiger partial charge is 0.503 e. The molecule has 0 atom stereocenters. The molecule has 0 radical (unpaired) electrons. The Balaban J connectivity index is 1.82. The number of amides is 2. The summed E-state index contributed by atoms with van der Waals surface area (Å²) in [5.41, 5.74) is 3.68. The summed E-state index contributed by atoms with van der Waals surface area (Å²) in [7, 11) is 0. The Morgan fingerprint density at radius 1 is 1.19 bits per heavy atom. The molecule has 0 saturated heterocycles. The zero-order valence-corrected chi connectivity index (χ0v) is 16.3. The average molecular weight is 434 g/mol. The van der Waals surface area contributed by atoms with Gasteiger partial charge in [0.15, 0.2) is 11.5 Å². The van der Waals surface area contributed by atoms with Crippen molar-refractivity contribution in [3.63, 3.8) is 0 Å². The van der Waals surface area contributed by atoms with Crippen LogP contribution < -0.4 is 15.5 Å². The van der Waals surface area contributed by atoms with Gasteiger partial charge in [-0.15, -0.1) is 0 Å². The molecule has 0 heterocycles. The molecule has 27 heavy (non-hydrogen) atoms. The molecular formula is C19H20BrN3O4. The van der Waals surface area contributed by atoms with Crippen LogP contribution in [0.4, 0.5) is 5.69 Å². The zero-order valence-electron chi connectivity index (χ0n) is 14.7. The first-order valence-corrected chi connectivity index (χ1v) is 9.11. The number of nitrogens with zero attached hydrogens (tertiary/aromatic N) is 1. The Morgan fingerprint density at radius 3 is 2.59 bits per heavy atom. The number of rotatable bonds is 8. The van der Waals surface area contributed by atoms with E-state index in [1.807, 2.05) is 25.1 Å². The molecule has 0 saturated carbocycles. The number of aromatic hydroxyl groups is 1. The minimum Gasteiger partial charge on any atom is -0.503 e. The molecule has 0 unspecified atom stereocenters. The third kappa shape index (κ3) is 6.74. The third-order valence-corrected chi connectivity index (χ3v) is 3.99. The lowest BCUT2D eigenvalue weighted by Crippen LogP contribution is -2.20. The van der Waals surface area contributed by atoms with Crippen LogP contribution in [0.15, 0.2) is 52.0 Å². The quantitative estimate of drug-likeness (QED) is 0.438. The second-order valence-corrected chi connectivity index (χ2v) is 6.34. The maximum atomic E-state index is 11.8. The van der Waals surface area contributed by atoms with E-state index in [1.54, 1.807) is 24.3 Å². The van der Waals surface area contributed by atoms with Crippen molar-refractivity contribution in [2.75, 3.05) is 11.9 Å². The van der Waals surface area contributed by atoms with E-state index in [0.717, 1.165) is 0 Å². The van der Waals surface area contributed by atoms with Crippen molar-refractivity contribution in [2.24, 2.45) is 5.10 Å². The Bertz CT molecular complexity index is 825. The first kappa shape index (κ1) is 20.4. The summed E-state index contributed by atoms with van der Waals surface area (Å²) in [6, 6.07) is 12.3. The van der Waals surface area contributed by atoms with E-state index < -0.39 is 0 Å². The van der Waals surface area contributed by atoms with E-state index in [2.05, 4.69) is 31.8 Å². The second kappa shape index (κ2) is 10.3. The van der Waals surface area contributed by atoms with Crippen LogP contribution in [0.3, 0.4) is 0 Å². The predicted molar refractivity (Wildman–Crippen MR) is 107 cm³/mol. The molecule has 142 valence electrons. The number of benzene rings is 2. The van der Waals surface area contributed by atoms with Crippen LogP contribution in [0.2, 0.25) is 0 Å². The number of phenolic OH excluding ortho intramolecular Hbond substituents is 1. The van der Waals surface area contributed by atoms with Crippen LogP contribution in [-0.4, -0.2) is 29.7 Å². The summed E-state index contributed by atoms with van der Waals surface area (Å²) >= 11 is 3.23. The van der Waals surface area contributed by atoms with E-state index in [0.29, 0.717) is 28.1 Å². The molecule has 2 rings (SSSR count). The average Bonchev–Trinajstić information content (AvgIpc) is 2.65. The maximum Gasteiger partial charge on any atom is 0.240 e. The normalized spacial score (nSPS) is 10.6. The smallest absolute Gasteiger partial charge is 0.240 e. The van der Waals surface area contributed by atoms with Gasteiger partial charge in [-0.05, 0) is 52.7 Å². The number of halogens is 1. The van der Waals surface area contributed by atoms with Crippen molar-refractivity contribution < 1.29 is 19.4 Å². The summed E-state index contributed by atoms with van der Waals surface area (Å²) in [6.45, 7) is 2.21. The lowest BCUT2D eigenvalue weighted by molar-refractivity contribution is -0.124. The Kier molecular flexibility index (Phi) is 7.81. The predicted octanol–water partition coefficient (Wildman–Crippen LogP) is 3.42. The van der Waals surface area contributed by atoms with Gasteiger partial charge in [-0.25, -0.2) is 5.43 Å². The molecule has 0 bridgehead atoms. The van der Waals surface area contributed by atoms with Crippen LogP contribution in [0, 0.1) is 0 Å². The van der Waals surface area contributed by atoms with Crippen molar-refractivity contribution in [3.8, 4) is 11.5 Å². The molecule has 0 aromatic heterocycles. The highest BCUT2D eigenvalue weighted by Gasteiger charge is 2.09. The highest BCUT2D eigenvalue weighted by Crippen LogP contribution is 2.34. The van der Waals surface area contributed by atoms with Crippen LogP contribution in [0.1, 0.15) is 25.3 Å². The van der Waals surface area contributed by atoms with Crippen LogP contribution >= 0.6 is 15.9 Å². The van der Waals surface area contributed by atoms with Crippen molar-refractivity contribution in [1.82, 2.24) is 5.43 Å². The lowest BCUT2D eigenvalue weighted by Gasteiger charge is -2.08. The van der Waals surface area contributed by atoms with Gasteiger partial charge in [0.25, 0.3) is 0 Å². The topological polar surface area (TPSA) is 100 Å². The van der Waals surface area contributed by atoms with Crippen LogP contribution in [-0.2, 0) is 9.59 Å². The number of ether oxygens (including phenoxy) is 1. The number of hydrogen-bond acceptors (Lipinski definition) is 5. The van der Waals surface area contributed by atoms with Gasteiger partial charge in [0, 0.05) is 18.5 Å². The van der Waals surface area contributed by atoms with E-state index in [4.69, 9.17) is 4.74 Å². The van der Waals surface area contributed by atoms with Gasteiger partial charge < -0.3 is 15.2 Å². The maximum absolute atomic E-state index is 11.8. The molecule has 0 aliphatic carbocycles. The minimum atomic E-state index is -0.377. The molecule has 7 nitrogen and oxygen atoms in total. The van der Waals surface area contributed by atoms with Gasteiger partial charge in [-0.1, -0.05) is 18.2 Å². The lowest BCUT2D eigenvalue weighted by atomic mass is 10.2. The number of phenols is 1. The summed E-state index contributed by atoms with van der Waals surface area (Å²) < 4.78 is 5.78. The zero-order chi connectivity index (χ0) is 19.6. The molecule has 2 aromatic rings. The Hall–Kier alpha value is -2.87. The van der Waals surface area contributed by atoms with Gasteiger partial charge in [0.1, 0.15) is 0 Å². The summed E-state index contributed by atoms with van der Waals surface area (Å²) in [6.07, 6.45) is 1.49. The summed E-state index contributed by atoms with van der Waals surface area (Å²) in [5.74, 6) is -0.304. The number of carbonyl (C=O) groups is 2. The van der Waals surface area contributed by atoms with E-state index in [1.165, 1.54) is 6.21 Å². The summed E-state index contributed by atoms with van der Waals surface area (Å²) in [5, 5.41) is 16.4. The Morgan fingerprint density at radius 2 is 1.89 bits per heavy atom.